The van der Waals surface area contributed by atoms with Gasteiger partial charge in [-0.15, -0.1) is 0 Å². The Kier molecular flexibility index (Phi) is 4.83. The highest BCUT2D eigenvalue weighted by atomic mass is 19.3. The molecule has 2 aliphatic heterocycles. The molecular weight excluding hydrogens is 246 g/mol. The van der Waals surface area contributed by atoms with E-state index in [4.69, 9.17) is 0 Å². The fourth-order valence-corrected chi connectivity index (χ4v) is 3.61. The lowest BCUT2D eigenvalue weighted by atomic mass is 9.83. The minimum Gasteiger partial charge on any atom is -0.306 e. The van der Waals surface area contributed by atoms with Crippen molar-refractivity contribution in [1.29, 1.82) is 0 Å². The molecule has 2 aliphatic rings. The fourth-order valence-electron chi connectivity index (χ4n) is 3.61. The monoisotopic (exact) mass is 274 g/mol. The third-order valence-corrected chi connectivity index (χ3v) is 4.89. The number of piperidine rings is 2. The van der Waals surface area contributed by atoms with Gasteiger partial charge in [-0.25, -0.2) is 8.78 Å². The number of halogens is 2. The van der Waals surface area contributed by atoms with Gasteiger partial charge in [0.2, 0.25) is 0 Å². The van der Waals surface area contributed by atoms with Gasteiger partial charge >= 0.3 is 0 Å². The van der Waals surface area contributed by atoms with Crippen LogP contribution in [-0.2, 0) is 0 Å². The summed E-state index contributed by atoms with van der Waals surface area (Å²) in [4.78, 5) is 4.34. The Morgan fingerprint density at radius 3 is 2.26 bits per heavy atom. The lowest BCUT2D eigenvalue weighted by molar-refractivity contribution is -0.127. The van der Waals surface area contributed by atoms with Crippen LogP contribution in [-0.4, -0.2) is 55.5 Å². The molecule has 2 saturated heterocycles. The Labute approximate surface area is 116 Å². The summed E-state index contributed by atoms with van der Waals surface area (Å²) >= 11 is 0. The van der Waals surface area contributed by atoms with Crippen LogP contribution in [0.2, 0.25) is 0 Å². The van der Waals surface area contributed by atoms with Crippen molar-refractivity contribution < 1.29 is 8.78 Å². The van der Waals surface area contributed by atoms with E-state index in [2.05, 4.69) is 11.9 Å². The van der Waals surface area contributed by atoms with Crippen LogP contribution in [0.1, 0.15) is 33.1 Å². The molecule has 0 bridgehead atoms. The molecule has 1 atom stereocenters. The Bertz CT molecular complexity index is 286. The molecule has 112 valence electrons. The van der Waals surface area contributed by atoms with Crippen LogP contribution < -0.4 is 0 Å². The van der Waals surface area contributed by atoms with Crippen molar-refractivity contribution in [3.05, 3.63) is 0 Å². The molecule has 0 N–H and O–H groups in total. The van der Waals surface area contributed by atoms with Crippen LogP contribution in [0.3, 0.4) is 0 Å². The summed E-state index contributed by atoms with van der Waals surface area (Å²) < 4.78 is 28.3. The zero-order chi connectivity index (χ0) is 14.0. The number of nitrogens with zero attached hydrogens (tertiary/aromatic N) is 2. The summed E-state index contributed by atoms with van der Waals surface area (Å²) in [6, 6.07) is 0. The van der Waals surface area contributed by atoms with E-state index >= 15 is 0 Å². The highest BCUT2D eigenvalue weighted by Gasteiger charge is 2.45. The molecule has 0 aromatic heterocycles. The Morgan fingerprint density at radius 1 is 1.11 bits per heavy atom. The second kappa shape index (κ2) is 6.04. The van der Waals surface area contributed by atoms with E-state index in [1.807, 2.05) is 18.7 Å². The van der Waals surface area contributed by atoms with E-state index < -0.39 is 11.8 Å². The standard InChI is InChI=1S/C15H28F2N2/c1-12(2)14-6-9-19(11-15(14,16)17)10-13-4-7-18(3)8-5-13/h12-14H,4-11H2,1-3H3. The lowest BCUT2D eigenvalue weighted by Gasteiger charge is -2.42. The molecule has 1 unspecified atom stereocenters. The van der Waals surface area contributed by atoms with E-state index in [9.17, 15) is 8.78 Å². The van der Waals surface area contributed by atoms with E-state index in [0.717, 1.165) is 39.0 Å². The normalized spacial score (nSPS) is 30.9. The average Bonchev–Trinajstić information content (AvgIpc) is 2.30. The van der Waals surface area contributed by atoms with E-state index in [-0.39, 0.29) is 12.5 Å². The molecule has 2 rings (SSSR count). The van der Waals surface area contributed by atoms with Gasteiger partial charge in [0.25, 0.3) is 5.92 Å². The molecule has 0 saturated carbocycles. The number of hydrogen-bond acceptors (Lipinski definition) is 2. The predicted octanol–water partition coefficient (Wildman–Crippen LogP) is 2.94. The third kappa shape index (κ3) is 3.88. The maximum absolute atomic E-state index is 14.1. The number of alkyl halides is 2. The summed E-state index contributed by atoms with van der Waals surface area (Å²) in [5, 5.41) is 0. The van der Waals surface area contributed by atoms with Crippen molar-refractivity contribution in [2.24, 2.45) is 17.8 Å². The lowest BCUT2D eigenvalue weighted by Crippen LogP contribution is -2.51. The number of rotatable bonds is 3. The Morgan fingerprint density at radius 2 is 1.74 bits per heavy atom. The summed E-state index contributed by atoms with van der Waals surface area (Å²) in [5.74, 6) is -2.23. The Hall–Kier alpha value is -0.220. The predicted molar refractivity (Wildman–Crippen MR) is 74.6 cm³/mol. The van der Waals surface area contributed by atoms with E-state index in [1.54, 1.807) is 0 Å². The van der Waals surface area contributed by atoms with Gasteiger partial charge < -0.3 is 4.90 Å². The molecule has 2 fully saturated rings. The first kappa shape index (κ1) is 15.2. The molecule has 0 amide bonds. The number of likely N-dealkylation sites (tertiary alicyclic amines) is 2. The van der Waals surface area contributed by atoms with Crippen LogP contribution in [0.4, 0.5) is 8.78 Å². The smallest absolute Gasteiger partial charge is 0.263 e. The molecule has 4 heteroatoms. The SMILES string of the molecule is CC(C)C1CCN(CC2CCN(C)CC2)CC1(F)F. The van der Waals surface area contributed by atoms with Crippen molar-refractivity contribution in [1.82, 2.24) is 9.80 Å². The van der Waals surface area contributed by atoms with Crippen LogP contribution in [0, 0.1) is 17.8 Å². The summed E-state index contributed by atoms with van der Waals surface area (Å²) in [5.41, 5.74) is 0. The van der Waals surface area contributed by atoms with Gasteiger partial charge in [0, 0.05) is 12.5 Å². The molecule has 2 heterocycles. The van der Waals surface area contributed by atoms with Gasteiger partial charge in [-0.3, -0.25) is 4.90 Å². The quantitative estimate of drug-likeness (QED) is 0.781. The zero-order valence-electron chi connectivity index (χ0n) is 12.5. The molecule has 0 spiro atoms. The van der Waals surface area contributed by atoms with Crippen molar-refractivity contribution >= 4 is 0 Å². The van der Waals surface area contributed by atoms with Gasteiger partial charge in [-0.1, -0.05) is 13.8 Å². The minimum atomic E-state index is -2.50. The third-order valence-electron chi connectivity index (χ3n) is 4.89. The van der Waals surface area contributed by atoms with Gasteiger partial charge in [0.05, 0.1) is 6.54 Å². The largest absolute Gasteiger partial charge is 0.306 e. The topological polar surface area (TPSA) is 6.48 Å². The molecule has 0 radical (unpaired) electrons. The van der Waals surface area contributed by atoms with Crippen molar-refractivity contribution in [3.63, 3.8) is 0 Å². The van der Waals surface area contributed by atoms with E-state index in [1.165, 1.54) is 0 Å². The van der Waals surface area contributed by atoms with Crippen molar-refractivity contribution in [2.75, 3.05) is 39.8 Å². The molecule has 0 aromatic rings. The molecule has 2 nitrogen and oxygen atoms in total. The second-order valence-electron chi connectivity index (χ2n) is 6.88. The van der Waals surface area contributed by atoms with Gasteiger partial charge in [-0.2, -0.15) is 0 Å². The molecule has 0 aliphatic carbocycles. The summed E-state index contributed by atoms with van der Waals surface area (Å²) in [6.45, 7) is 7.77. The van der Waals surface area contributed by atoms with Crippen LogP contribution >= 0.6 is 0 Å². The zero-order valence-corrected chi connectivity index (χ0v) is 12.5. The summed E-state index contributed by atoms with van der Waals surface area (Å²) in [7, 11) is 2.14. The Balaban J connectivity index is 1.84. The molecule has 19 heavy (non-hydrogen) atoms. The van der Waals surface area contributed by atoms with Crippen molar-refractivity contribution in [2.45, 2.75) is 39.0 Å². The fraction of sp³-hybridized carbons (Fsp3) is 1.00. The van der Waals surface area contributed by atoms with Gasteiger partial charge in [-0.05, 0) is 57.8 Å². The first-order valence-corrected chi connectivity index (χ1v) is 7.67. The minimum absolute atomic E-state index is 0.0256. The average molecular weight is 274 g/mol. The number of hydrogen-bond donors (Lipinski definition) is 0. The molecular formula is C15H28F2N2. The second-order valence-corrected chi connectivity index (χ2v) is 6.88. The first-order chi connectivity index (χ1) is 8.88. The summed E-state index contributed by atoms with van der Waals surface area (Å²) in [6.07, 6.45) is 2.97. The van der Waals surface area contributed by atoms with Crippen molar-refractivity contribution in [3.8, 4) is 0 Å². The van der Waals surface area contributed by atoms with Crippen LogP contribution in [0.25, 0.3) is 0 Å². The molecule has 0 aromatic carbocycles. The van der Waals surface area contributed by atoms with Crippen LogP contribution in [0.5, 0.6) is 0 Å². The highest BCUT2D eigenvalue weighted by Crippen LogP contribution is 2.38. The highest BCUT2D eigenvalue weighted by molar-refractivity contribution is 4.89. The maximum atomic E-state index is 14.1. The van der Waals surface area contributed by atoms with Crippen LogP contribution in [0.15, 0.2) is 0 Å². The van der Waals surface area contributed by atoms with Gasteiger partial charge in [0.15, 0.2) is 0 Å². The van der Waals surface area contributed by atoms with E-state index in [0.29, 0.717) is 12.3 Å². The first-order valence-electron chi connectivity index (χ1n) is 7.67. The maximum Gasteiger partial charge on any atom is 0.263 e. The van der Waals surface area contributed by atoms with Gasteiger partial charge in [0.1, 0.15) is 0 Å².